The van der Waals surface area contributed by atoms with E-state index in [1.165, 1.54) is 0 Å². The van der Waals surface area contributed by atoms with Gasteiger partial charge in [-0.15, -0.1) is 0 Å². The molecule has 4 nitrogen and oxygen atoms in total. The molecular formula is C11H11BrN2O2. The van der Waals surface area contributed by atoms with Gasteiger partial charge in [-0.1, -0.05) is 0 Å². The number of carboxylic acid groups (broad SMARTS) is 1. The fourth-order valence-corrected chi connectivity index (χ4v) is 2.31. The Morgan fingerprint density at radius 2 is 2.19 bits per heavy atom. The Bertz CT molecular complexity index is 560. The molecule has 1 N–H and O–H groups in total. The van der Waals surface area contributed by atoms with Gasteiger partial charge in [0, 0.05) is 15.9 Å². The lowest BCUT2D eigenvalue weighted by molar-refractivity contribution is 0.0697. The molecule has 0 aliphatic carbocycles. The SMILES string of the molecule is CC(C)n1ncc2cc(C(=O)O)cc(Br)c21. The number of halogens is 1. The van der Waals surface area contributed by atoms with Gasteiger partial charge in [0.1, 0.15) is 0 Å². The zero-order valence-electron chi connectivity index (χ0n) is 8.94. The Kier molecular flexibility index (Phi) is 2.71. The second-order valence-corrected chi connectivity index (χ2v) is 4.74. The van der Waals surface area contributed by atoms with E-state index in [2.05, 4.69) is 21.0 Å². The van der Waals surface area contributed by atoms with Crippen molar-refractivity contribution in [3.8, 4) is 0 Å². The first kappa shape index (κ1) is 11.1. The highest BCUT2D eigenvalue weighted by atomic mass is 79.9. The summed E-state index contributed by atoms with van der Waals surface area (Å²) in [7, 11) is 0. The van der Waals surface area contributed by atoms with Crippen LogP contribution in [-0.2, 0) is 0 Å². The average Bonchev–Trinajstić information content (AvgIpc) is 2.61. The zero-order valence-corrected chi connectivity index (χ0v) is 10.5. The number of benzene rings is 1. The van der Waals surface area contributed by atoms with E-state index < -0.39 is 5.97 Å². The Hall–Kier alpha value is -1.36. The molecule has 0 bridgehead atoms. The molecule has 1 aromatic carbocycles. The Morgan fingerprint density at radius 3 is 2.75 bits per heavy atom. The largest absolute Gasteiger partial charge is 0.478 e. The minimum absolute atomic E-state index is 0.240. The van der Waals surface area contributed by atoms with Crippen molar-refractivity contribution in [1.82, 2.24) is 9.78 Å². The molecule has 0 spiro atoms. The van der Waals surface area contributed by atoms with Crippen LogP contribution in [0.1, 0.15) is 30.2 Å². The van der Waals surface area contributed by atoms with Crippen LogP contribution in [-0.4, -0.2) is 20.9 Å². The molecule has 0 aliphatic heterocycles. The molecule has 0 radical (unpaired) electrons. The summed E-state index contributed by atoms with van der Waals surface area (Å²) in [6.07, 6.45) is 1.69. The summed E-state index contributed by atoms with van der Waals surface area (Å²) in [6, 6.07) is 3.48. The molecule has 0 atom stereocenters. The predicted molar refractivity (Wildman–Crippen MR) is 64.8 cm³/mol. The van der Waals surface area contributed by atoms with Crippen LogP contribution in [0.5, 0.6) is 0 Å². The van der Waals surface area contributed by atoms with Gasteiger partial charge >= 0.3 is 5.97 Å². The van der Waals surface area contributed by atoms with E-state index in [-0.39, 0.29) is 11.6 Å². The molecule has 5 heteroatoms. The van der Waals surface area contributed by atoms with Crippen molar-refractivity contribution in [3.05, 3.63) is 28.4 Å². The van der Waals surface area contributed by atoms with E-state index in [1.54, 1.807) is 18.3 Å². The predicted octanol–water partition coefficient (Wildman–Crippen LogP) is 3.08. The molecule has 16 heavy (non-hydrogen) atoms. The number of hydrogen-bond acceptors (Lipinski definition) is 2. The normalized spacial score (nSPS) is 11.2. The summed E-state index contributed by atoms with van der Waals surface area (Å²) in [5.74, 6) is -0.931. The van der Waals surface area contributed by atoms with Gasteiger partial charge < -0.3 is 5.11 Å². The van der Waals surface area contributed by atoms with Crippen LogP contribution in [0, 0.1) is 0 Å². The smallest absolute Gasteiger partial charge is 0.335 e. The maximum absolute atomic E-state index is 10.9. The Balaban J connectivity index is 2.73. The third kappa shape index (κ3) is 1.71. The molecule has 0 aliphatic rings. The van der Waals surface area contributed by atoms with Gasteiger partial charge in [0.15, 0.2) is 0 Å². The topological polar surface area (TPSA) is 55.1 Å². The highest BCUT2D eigenvalue weighted by Crippen LogP contribution is 2.27. The molecule has 1 heterocycles. The van der Waals surface area contributed by atoms with E-state index in [0.717, 1.165) is 15.4 Å². The monoisotopic (exact) mass is 282 g/mol. The molecule has 0 fully saturated rings. The number of aromatic nitrogens is 2. The molecule has 84 valence electrons. The maximum Gasteiger partial charge on any atom is 0.335 e. The molecule has 0 saturated heterocycles. The lowest BCUT2D eigenvalue weighted by Gasteiger charge is -2.08. The summed E-state index contributed by atoms with van der Waals surface area (Å²) < 4.78 is 2.62. The fourth-order valence-electron chi connectivity index (χ4n) is 1.66. The number of fused-ring (bicyclic) bond motifs is 1. The third-order valence-corrected chi connectivity index (χ3v) is 2.98. The van der Waals surface area contributed by atoms with Crippen molar-refractivity contribution in [2.45, 2.75) is 19.9 Å². The van der Waals surface area contributed by atoms with Gasteiger partial charge in [0.25, 0.3) is 0 Å². The van der Waals surface area contributed by atoms with Crippen molar-refractivity contribution in [2.24, 2.45) is 0 Å². The van der Waals surface area contributed by atoms with Crippen molar-refractivity contribution >= 4 is 32.8 Å². The summed E-state index contributed by atoms with van der Waals surface area (Å²) in [6.45, 7) is 4.06. The minimum atomic E-state index is -0.931. The van der Waals surface area contributed by atoms with Crippen molar-refractivity contribution in [3.63, 3.8) is 0 Å². The Morgan fingerprint density at radius 1 is 1.50 bits per heavy atom. The Labute approximate surface area is 101 Å². The second-order valence-electron chi connectivity index (χ2n) is 3.88. The first-order valence-electron chi connectivity index (χ1n) is 4.90. The summed E-state index contributed by atoms with van der Waals surface area (Å²) in [4.78, 5) is 10.9. The lowest BCUT2D eigenvalue weighted by atomic mass is 10.1. The number of hydrogen-bond donors (Lipinski definition) is 1. The number of nitrogens with zero attached hydrogens (tertiary/aromatic N) is 2. The molecule has 2 rings (SSSR count). The van der Waals surface area contributed by atoms with Gasteiger partial charge in [-0.05, 0) is 41.9 Å². The van der Waals surface area contributed by atoms with Crippen LogP contribution in [0.25, 0.3) is 10.9 Å². The number of carboxylic acids is 1. The van der Waals surface area contributed by atoms with Crippen LogP contribution in [0.3, 0.4) is 0 Å². The summed E-state index contributed by atoms with van der Waals surface area (Å²) >= 11 is 3.39. The summed E-state index contributed by atoms with van der Waals surface area (Å²) in [5, 5.41) is 14.0. The molecule has 0 saturated carbocycles. The van der Waals surface area contributed by atoms with Crippen molar-refractivity contribution in [2.75, 3.05) is 0 Å². The van der Waals surface area contributed by atoms with Crippen LogP contribution < -0.4 is 0 Å². The van der Waals surface area contributed by atoms with E-state index in [1.807, 2.05) is 18.5 Å². The number of carbonyl (C=O) groups is 1. The van der Waals surface area contributed by atoms with E-state index in [9.17, 15) is 4.79 Å². The van der Waals surface area contributed by atoms with E-state index in [0.29, 0.717) is 0 Å². The second kappa shape index (κ2) is 3.90. The fraction of sp³-hybridized carbons (Fsp3) is 0.273. The number of rotatable bonds is 2. The molecular weight excluding hydrogens is 272 g/mol. The van der Waals surface area contributed by atoms with E-state index >= 15 is 0 Å². The molecule has 0 amide bonds. The minimum Gasteiger partial charge on any atom is -0.478 e. The highest BCUT2D eigenvalue weighted by molar-refractivity contribution is 9.10. The van der Waals surface area contributed by atoms with Crippen LogP contribution in [0.15, 0.2) is 22.8 Å². The standard InChI is InChI=1S/C11H11BrN2O2/c1-6(2)14-10-8(5-13-14)3-7(11(15)16)4-9(10)12/h3-6H,1-2H3,(H,15,16). The van der Waals surface area contributed by atoms with E-state index in [4.69, 9.17) is 5.11 Å². The first-order chi connectivity index (χ1) is 7.50. The van der Waals surface area contributed by atoms with Crippen LogP contribution in [0.2, 0.25) is 0 Å². The third-order valence-electron chi connectivity index (χ3n) is 2.38. The van der Waals surface area contributed by atoms with Gasteiger partial charge in [-0.2, -0.15) is 5.10 Å². The maximum atomic E-state index is 10.9. The lowest BCUT2D eigenvalue weighted by Crippen LogP contribution is -2.03. The zero-order chi connectivity index (χ0) is 11.9. The quantitative estimate of drug-likeness (QED) is 0.921. The average molecular weight is 283 g/mol. The molecule has 1 aromatic heterocycles. The van der Waals surface area contributed by atoms with Gasteiger partial charge in [0.2, 0.25) is 0 Å². The highest BCUT2D eigenvalue weighted by Gasteiger charge is 2.13. The molecule has 2 aromatic rings. The van der Waals surface area contributed by atoms with Crippen LogP contribution in [0.4, 0.5) is 0 Å². The molecule has 0 unspecified atom stereocenters. The summed E-state index contributed by atoms with van der Waals surface area (Å²) in [5.41, 5.74) is 1.20. The van der Waals surface area contributed by atoms with Crippen molar-refractivity contribution in [1.29, 1.82) is 0 Å². The number of aromatic carboxylic acids is 1. The van der Waals surface area contributed by atoms with Gasteiger partial charge in [0.05, 0.1) is 17.3 Å². The first-order valence-corrected chi connectivity index (χ1v) is 5.70. The van der Waals surface area contributed by atoms with Gasteiger partial charge in [-0.3, -0.25) is 4.68 Å². The van der Waals surface area contributed by atoms with Crippen molar-refractivity contribution < 1.29 is 9.90 Å². The van der Waals surface area contributed by atoms with Gasteiger partial charge in [-0.25, -0.2) is 4.79 Å². The van der Waals surface area contributed by atoms with Crippen LogP contribution >= 0.6 is 15.9 Å².